The smallest absolute Gasteiger partial charge is 0.416 e. The molecule has 1 N–H and O–H groups in total. The van der Waals surface area contributed by atoms with Gasteiger partial charge in [-0.25, -0.2) is 0 Å². The molecule has 210 valence electrons. The molecule has 1 unspecified atom stereocenters. The minimum Gasteiger partial charge on any atom is -0.481 e. The standard InChI is InChI=1S/C14H21NO2.C9H9F3.C8H6ClN/c1-11-5-7-15(9-11)10-12-4-3-6-14(2,8-12)13(16)17;1-2-7-5-3-4-6-8(7)9(10,11)12;1-6-2-3-7(5-10)8(9)4-6/h3-4,6,11H,5,7-10H2,1-2H3,(H,16,17);3-6H,2H2,1H3;2-4H,1H3/t11-,14?;;/m0../s1. The van der Waals surface area contributed by atoms with Crippen LogP contribution in [-0.4, -0.2) is 35.6 Å². The highest BCUT2D eigenvalue weighted by molar-refractivity contribution is 6.31. The molecule has 0 spiro atoms. The first kappa shape index (κ1) is 32.1. The predicted molar refractivity (Wildman–Crippen MR) is 150 cm³/mol. The lowest BCUT2D eigenvalue weighted by Crippen LogP contribution is -2.31. The van der Waals surface area contributed by atoms with Crippen LogP contribution >= 0.6 is 11.6 Å². The summed E-state index contributed by atoms with van der Waals surface area (Å²) in [7, 11) is 0. The normalized spacial score (nSPS) is 20.6. The van der Waals surface area contributed by atoms with E-state index in [4.69, 9.17) is 16.9 Å². The molecule has 1 saturated heterocycles. The quantitative estimate of drug-likeness (QED) is 0.410. The fourth-order valence-corrected chi connectivity index (χ4v) is 4.79. The van der Waals surface area contributed by atoms with Crippen molar-refractivity contribution in [1.29, 1.82) is 5.26 Å². The van der Waals surface area contributed by atoms with Crippen LogP contribution in [-0.2, 0) is 17.4 Å². The Hall–Kier alpha value is -3.08. The summed E-state index contributed by atoms with van der Waals surface area (Å²) in [5.74, 6) is 0.0507. The first-order valence-corrected chi connectivity index (χ1v) is 13.3. The molecule has 1 aliphatic heterocycles. The Kier molecular flexibility index (Phi) is 11.8. The summed E-state index contributed by atoms with van der Waals surface area (Å²) in [5, 5.41) is 18.2. The third-order valence-electron chi connectivity index (χ3n) is 6.76. The van der Waals surface area contributed by atoms with Crippen molar-refractivity contribution in [3.05, 3.63) is 93.5 Å². The van der Waals surface area contributed by atoms with Crippen molar-refractivity contribution >= 4 is 17.6 Å². The van der Waals surface area contributed by atoms with Crippen LogP contribution < -0.4 is 0 Å². The lowest BCUT2D eigenvalue weighted by atomic mass is 9.80. The van der Waals surface area contributed by atoms with Gasteiger partial charge in [0.2, 0.25) is 0 Å². The maximum absolute atomic E-state index is 12.2. The fraction of sp³-hybridized carbons (Fsp3) is 0.419. The van der Waals surface area contributed by atoms with Crippen molar-refractivity contribution in [3.63, 3.8) is 0 Å². The third-order valence-corrected chi connectivity index (χ3v) is 7.07. The molecule has 1 aliphatic carbocycles. The number of rotatable bonds is 4. The molecule has 2 aromatic carbocycles. The van der Waals surface area contributed by atoms with Gasteiger partial charge in [-0.05, 0) is 74.9 Å². The van der Waals surface area contributed by atoms with Crippen molar-refractivity contribution in [1.82, 2.24) is 4.90 Å². The topological polar surface area (TPSA) is 64.3 Å². The number of likely N-dealkylation sites (tertiary alicyclic amines) is 1. The highest BCUT2D eigenvalue weighted by Crippen LogP contribution is 2.33. The van der Waals surface area contributed by atoms with E-state index < -0.39 is 23.1 Å². The second-order valence-electron chi connectivity index (χ2n) is 10.3. The number of carboxylic acids is 1. The molecule has 0 amide bonds. The maximum Gasteiger partial charge on any atom is 0.416 e. The highest BCUT2D eigenvalue weighted by atomic mass is 35.5. The van der Waals surface area contributed by atoms with Gasteiger partial charge in [-0.1, -0.05) is 73.5 Å². The van der Waals surface area contributed by atoms with Gasteiger partial charge >= 0.3 is 12.1 Å². The van der Waals surface area contributed by atoms with E-state index in [2.05, 4.69) is 17.9 Å². The molecule has 1 heterocycles. The second-order valence-corrected chi connectivity index (χ2v) is 10.7. The van der Waals surface area contributed by atoms with E-state index in [9.17, 15) is 23.1 Å². The molecule has 4 rings (SSSR count). The van der Waals surface area contributed by atoms with E-state index in [-0.39, 0.29) is 0 Å². The summed E-state index contributed by atoms with van der Waals surface area (Å²) < 4.78 is 36.7. The molecule has 39 heavy (non-hydrogen) atoms. The van der Waals surface area contributed by atoms with Gasteiger partial charge in [0, 0.05) is 13.1 Å². The van der Waals surface area contributed by atoms with Crippen molar-refractivity contribution < 1.29 is 23.1 Å². The second kappa shape index (κ2) is 14.3. The number of hydrogen-bond acceptors (Lipinski definition) is 3. The Bertz CT molecular complexity index is 1230. The van der Waals surface area contributed by atoms with E-state index in [1.807, 2.05) is 25.1 Å². The van der Waals surface area contributed by atoms with Crippen LogP contribution in [0.3, 0.4) is 0 Å². The zero-order valence-electron chi connectivity index (χ0n) is 22.9. The molecule has 0 saturated carbocycles. The van der Waals surface area contributed by atoms with Crippen molar-refractivity contribution in [2.45, 2.75) is 53.1 Å². The van der Waals surface area contributed by atoms with Crippen molar-refractivity contribution in [2.24, 2.45) is 11.3 Å². The number of hydrogen-bond donors (Lipinski definition) is 1. The number of carboxylic acid groups (broad SMARTS) is 1. The fourth-order valence-electron chi connectivity index (χ4n) is 4.51. The van der Waals surface area contributed by atoms with E-state index in [1.54, 1.807) is 38.1 Å². The summed E-state index contributed by atoms with van der Waals surface area (Å²) in [6, 6.07) is 13.0. The first-order valence-electron chi connectivity index (χ1n) is 12.9. The summed E-state index contributed by atoms with van der Waals surface area (Å²) in [4.78, 5) is 13.6. The molecular weight excluding hydrogens is 525 g/mol. The van der Waals surface area contributed by atoms with E-state index in [0.29, 0.717) is 29.0 Å². The molecule has 1 fully saturated rings. The number of halogens is 4. The summed E-state index contributed by atoms with van der Waals surface area (Å²) in [6.45, 7) is 10.9. The molecule has 2 atom stereocenters. The van der Waals surface area contributed by atoms with E-state index >= 15 is 0 Å². The molecule has 0 bridgehead atoms. The zero-order valence-corrected chi connectivity index (χ0v) is 23.6. The van der Waals surface area contributed by atoms with Crippen LogP contribution in [0.1, 0.15) is 55.9 Å². The molecule has 8 heteroatoms. The SMILES string of the molecule is CCc1ccccc1C(F)(F)F.C[C@H]1CCN(CC2=CC=CC(C)(C(=O)O)C2)C1.Cc1ccc(C#N)c(Cl)c1. The lowest BCUT2D eigenvalue weighted by Gasteiger charge is -2.27. The molecule has 0 aromatic heterocycles. The Morgan fingerprint density at radius 3 is 2.46 bits per heavy atom. The Labute approximate surface area is 234 Å². The van der Waals surface area contributed by atoms with Crippen molar-refractivity contribution in [2.75, 3.05) is 19.6 Å². The third kappa shape index (κ3) is 9.87. The van der Waals surface area contributed by atoms with E-state index in [1.165, 1.54) is 24.1 Å². The van der Waals surface area contributed by atoms with Gasteiger partial charge in [-0.3, -0.25) is 9.69 Å². The van der Waals surface area contributed by atoms with Crippen LogP contribution in [0.15, 0.2) is 66.3 Å². The minimum atomic E-state index is -4.22. The molecular formula is C31H36ClF3N2O2. The van der Waals surface area contributed by atoms with Gasteiger partial charge in [-0.15, -0.1) is 0 Å². The van der Waals surface area contributed by atoms with E-state index in [0.717, 1.165) is 37.2 Å². The number of aryl methyl sites for hydroxylation is 2. The highest BCUT2D eigenvalue weighted by Gasteiger charge is 2.33. The van der Waals surface area contributed by atoms with Crippen LogP contribution in [0.4, 0.5) is 13.2 Å². The Morgan fingerprint density at radius 2 is 1.95 bits per heavy atom. The molecule has 4 nitrogen and oxygen atoms in total. The average Bonchev–Trinajstić information content (AvgIpc) is 3.28. The van der Waals surface area contributed by atoms with Gasteiger partial charge in [0.25, 0.3) is 0 Å². The number of benzene rings is 2. The summed E-state index contributed by atoms with van der Waals surface area (Å²) in [5.41, 5.74) is 1.97. The largest absolute Gasteiger partial charge is 0.481 e. The molecule has 2 aromatic rings. The number of carbonyl (C=O) groups is 1. The lowest BCUT2D eigenvalue weighted by molar-refractivity contribution is -0.145. The predicted octanol–water partition coefficient (Wildman–Crippen LogP) is 8.09. The van der Waals surface area contributed by atoms with Crippen molar-refractivity contribution in [3.8, 4) is 6.07 Å². The van der Waals surface area contributed by atoms with Gasteiger partial charge < -0.3 is 5.11 Å². The first-order chi connectivity index (χ1) is 18.3. The monoisotopic (exact) mass is 560 g/mol. The van der Waals surface area contributed by atoms with Gasteiger partial charge in [0.05, 0.1) is 21.6 Å². The Balaban J connectivity index is 0.000000214. The summed E-state index contributed by atoms with van der Waals surface area (Å²) >= 11 is 5.71. The zero-order chi connectivity index (χ0) is 29.2. The number of aliphatic carboxylic acids is 1. The minimum absolute atomic E-state index is 0.352. The van der Waals surface area contributed by atoms with Crippen LogP contribution in [0.5, 0.6) is 0 Å². The van der Waals surface area contributed by atoms with Gasteiger partial charge in [-0.2, -0.15) is 18.4 Å². The average molecular weight is 561 g/mol. The van der Waals surface area contributed by atoms with Gasteiger partial charge in [0.15, 0.2) is 0 Å². The maximum atomic E-state index is 12.2. The van der Waals surface area contributed by atoms with Crippen LogP contribution in [0.25, 0.3) is 0 Å². The number of nitriles is 1. The molecule has 2 aliphatic rings. The van der Waals surface area contributed by atoms with Crippen LogP contribution in [0, 0.1) is 29.6 Å². The van der Waals surface area contributed by atoms with Crippen LogP contribution in [0.2, 0.25) is 5.02 Å². The molecule has 0 radical (unpaired) electrons. The number of allylic oxidation sites excluding steroid dienone is 2. The number of nitrogens with zero attached hydrogens (tertiary/aromatic N) is 2. The van der Waals surface area contributed by atoms with Gasteiger partial charge in [0.1, 0.15) is 6.07 Å². The summed E-state index contributed by atoms with van der Waals surface area (Å²) in [6.07, 6.45) is 3.87. The number of alkyl halides is 3. The Morgan fingerprint density at radius 1 is 1.26 bits per heavy atom.